The molecule has 2 unspecified atom stereocenters. The highest BCUT2D eigenvalue weighted by Gasteiger charge is 2.34. The molecular weight excluding hydrogens is 205 g/mol. The van der Waals surface area contributed by atoms with E-state index in [9.17, 15) is 4.39 Å². The van der Waals surface area contributed by atoms with Crippen LogP contribution in [-0.4, -0.2) is 14.8 Å². The van der Waals surface area contributed by atoms with Crippen molar-refractivity contribution >= 4 is 0 Å². The van der Waals surface area contributed by atoms with Crippen LogP contribution in [0.3, 0.4) is 0 Å². The van der Waals surface area contributed by atoms with Crippen molar-refractivity contribution in [2.24, 2.45) is 0 Å². The smallest absolute Gasteiger partial charge is 0.162 e. The highest BCUT2D eigenvalue weighted by Crippen LogP contribution is 2.39. The molecule has 1 aliphatic rings. The summed E-state index contributed by atoms with van der Waals surface area (Å²) < 4.78 is 15.4. The number of halogens is 1. The maximum atomic E-state index is 13.7. The first-order valence-corrected chi connectivity index (χ1v) is 5.50. The number of aromatic nitrogens is 3. The molecule has 0 aliphatic carbocycles. The van der Waals surface area contributed by atoms with Gasteiger partial charge < -0.3 is 0 Å². The van der Waals surface area contributed by atoms with E-state index in [1.165, 1.54) is 0 Å². The van der Waals surface area contributed by atoms with E-state index in [2.05, 4.69) is 10.1 Å². The highest BCUT2D eigenvalue weighted by molar-refractivity contribution is 5.19. The Morgan fingerprint density at radius 2 is 2.31 bits per heavy atom. The lowest BCUT2D eigenvalue weighted by Gasteiger charge is -2.11. The van der Waals surface area contributed by atoms with E-state index in [1.54, 1.807) is 11.6 Å². The minimum atomic E-state index is -0.986. The molecule has 0 spiro atoms. The zero-order chi connectivity index (χ0) is 11.7. The summed E-state index contributed by atoms with van der Waals surface area (Å²) in [5.74, 6) is 1.11. The summed E-state index contributed by atoms with van der Waals surface area (Å²) in [5, 5.41) is 4.25. The van der Waals surface area contributed by atoms with Crippen molar-refractivity contribution in [2.45, 2.75) is 39.4 Å². The second-order valence-corrected chi connectivity index (χ2v) is 4.12. The number of rotatable bonds is 2. The van der Waals surface area contributed by atoms with Crippen molar-refractivity contribution in [1.82, 2.24) is 14.8 Å². The van der Waals surface area contributed by atoms with Gasteiger partial charge in [0.25, 0.3) is 0 Å². The maximum absolute atomic E-state index is 13.7. The Hall–Kier alpha value is -1.45. The van der Waals surface area contributed by atoms with Crippen LogP contribution >= 0.6 is 0 Å². The van der Waals surface area contributed by atoms with Crippen LogP contribution in [-0.2, 0) is 0 Å². The molecule has 3 nitrogen and oxygen atoms in total. The number of nitrogens with zero attached hydrogens (tertiary/aromatic N) is 3. The largest absolute Gasteiger partial charge is 0.240 e. The van der Waals surface area contributed by atoms with Crippen LogP contribution < -0.4 is 0 Å². The molecule has 0 saturated carbocycles. The zero-order valence-corrected chi connectivity index (χ0v) is 9.81. The molecular formula is C12H16FN3. The molecule has 16 heavy (non-hydrogen) atoms. The third-order valence-corrected chi connectivity index (χ3v) is 2.85. The molecule has 0 aromatic carbocycles. The fourth-order valence-electron chi connectivity index (χ4n) is 2.03. The lowest BCUT2D eigenvalue weighted by Crippen LogP contribution is -2.07. The zero-order valence-electron chi connectivity index (χ0n) is 9.81. The molecule has 1 aromatic rings. The first-order valence-electron chi connectivity index (χ1n) is 5.50. The number of hydrogen-bond donors (Lipinski definition) is 0. The van der Waals surface area contributed by atoms with Gasteiger partial charge in [-0.05, 0) is 26.3 Å². The van der Waals surface area contributed by atoms with Crippen LogP contribution in [0.1, 0.15) is 44.1 Å². The number of aryl methyl sites for hydroxylation is 1. The molecule has 1 aromatic heterocycles. The molecule has 0 radical (unpaired) electrons. The molecule has 1 aliphatic heterocycles. The second-order valence-electron chi connectivity index (χ2n) is 4.12. The van der Waals surface area contributed by atoms with Crippen LogP contribution in [0.25, 0.3) is 0 Å². The number of hydrogen-bond acceptors (Lipinski definition) is 2. The van der Waals surface area contributed by atoms with Gasteiger partial charge >= 0.3 is 0 Å². The topological polar surface area (TPSA) is 30.7 Å². The van der Waals surface area contributed by atoms with E-state index in [1.807, 2.05) is 32.1 Å². The van der Waals surface area contributed by atoms with Crippen molar-refractivity contribution < 1.29 is 4.39 Å². The highest BCUT2D eigenvalue weighted by atomic mass is 19.1. The van der Waals surface area contributed by atoms with Crippen LogP contribution in [0, 0.1) is 6.92 Å². The fraction of sp³-hybridized carbons (Fsp3) is 0.500. The number of allylic oxidation sites excluding steroid dienone is 4. The molecule has 2 atom stereocenters. The first-order chi connectivity index (χ1) is 7.63. The predicted molar refractivity (Wildman–Crippen MR) is 60.8 cm³/mol. The summed E-state index contributed by atoms with van der Waals surface area (Å²) in [4.78, 5) is 4.12. The summed E-state index contributed by atoms with van der Waals surface area (Å²) in [6, 6.07) is 0.0161. The summed E-state index contributed by atoms with van der Waals surface area (Å²) >= 11 is 0. The van der Waals surface area contributed by atoms with E-state index >= 15 is 0 Å². The standard InChI is InChI=1S/C12H16FN3/c1-4-5-6-8(2)11-7-10(13)12-14-9(3)15-16(11)12/h4-6,10-11H,7H2,1-3H3/b5-4-,8-6+. The van der Waals surface area contributed by atoms with E-state index in [0.717, 1.165) is 5.57 Å². The van der Waals surface area contributed by atoms with Gasteiger partial charge in [-0.3, -0.25) is 0 Å². The van der Waals surface area contributed by atoms with Crippen molar-refractivity contribution in [2.75, 3.05) is 0 Å². The minimum Gasteiger partial charge on any atom is -0.240 e. The van der Waals surface area contributed by atoms with Gasteiger partial charge in [0.15, 0.2) is 12.0 Å². The van der Waals surface area contributed by atoms with Gasteiger partial charge in [-0.2, -0.15) is 5.10 Å². The summed E-state index contributed by atoms with van der Waals surface area (Å²) in [7, 11) is 0. The van der Waals surface area contributed by atoms with Gasteiger partial charge in [0.05, 0.1) is 6.04 Å². The fourth-order valence-corrected chi connectivity index (χ4v) is 2.03. The van der Waals surface area contributed by atoms with Gasteiger partial charge in [0.2, 0.25) is 0 Å². The molecule has 0 fully saturated rings. The summed E-state index contributed by atoms with van der Waals surface area (Å²) in [6.07, 6.45) is 5.39. The summed E-state index contributed by atoms with van der Waals surface area (Å²) in [6.45, 7) is 5.75. The van der Waals surface area contributed by atoms with Crippen molar-refractivity contribution in [1.29, 1.82) is 0 Å². The van der Waals surface area contributed by atoms with E-state index in [-0.39, 0.29) is 6.04 Å². The van der Waals surface area contributed by atoms with E-state index in [4.69, 9.17) is 0 Å². The van der Waals surface area contributed by atoms with E-state index in [0.29, 0.717) is 18.1 Å². The lowest BCUT2D eigenvalue weighted by atomic mass is 10.1. The van der Waals surface area contributed by atoms with Gasteiger partial charge in [0.1, 0.15) is 5.82 Å². The van der Waals surface area contributed by atoms with Crippen LogP contribution in [0.2, 0.25) is 0 Å². The molecule has 0 amide bonds. The first kappa shape index (κ1) is 11.0. The Morgan fingerprint density at radius 1 is 1.56 bits per heavy atom. The van der Waals surface area contributed by atoms with Crippen molar-refractivity contribution in [3.05, 3.63) is 35.4 Å². The predicted octanol–water partition coefficient (Wildman–Crippen LogP) is 3.06. The Kier molecular flexibility index (Phi) is 2.90. The van der Waals surface area contributed by atoms with Gasteiger partial charge in [-0.1, -0.05) is 18.2 Å². The van der Waals surface area contributed by atoms with Gasteiger partial charge in [0, 0.05) is 6.42 Å². The average Bonchev–Trinajstić information content (AvgIpc) is 2.75. The third-order valence-electron chi connectivity index (χ3n) is 2.85. The second kappa shape index (κ2) is 4.20. The van der Waals surface area contributed by atoms with Crippen molar-refractivity contribution in [3.63, 3.8) is 0 Å². The van der Waals surface area contributed by atoms with Crippen LogP contribution in [0.5, 0.6) is 0 Å². The maximum Gasteiger partial charge on any atom is 0.162 e. The minimum absolute atomic E-state index is 0.0161. The third kappa shape index (κ3) is 1.79. The Balaban J connectivity index is 2.32. The Labute approximate surface area is 94.7 Å². The van der Waals surface area contributed by atoms with Crippen LogP contribution in [0.4, 0.5) is 4.39 Å². The summed E-state index contributed by atoms with van der Waals surface area (Å²) in [5.41, 5.74) is 1.12. The molecule has 0 N–H and O–H groups in total. The monoisotopic (exact) mass is 221 g/mol. The quantitative estimate of drug-likeness (QED) is 0.718. The Bertz CT molecular complexity index is 445. The van der Waals surface area contributed by atoms with Crippen molar-refractivity contribution in [3.8, 4) is 0 Å². The SMILES string of the molecule is C/C=C\C=C(/C)C1CC(F)c2nc(C)nn21. The number of fused-ring (bicyclic) bond motifs is 1. The number of alkyl halides is 1. The van der Waals surface area contributed by atoms with E-state index < -0.39 is 6.17 Å². The molecule has 4 heteroatoms. The van der Waals surface area contributed by atoms with Gasteiger partial charge in [-0.15, -0.1) is 0 Å². The Morgan fingerprint density at radius 3 is 3.00 bits per heavy atom. The molecule has 0 saturated heterocycles. The molecule has 2 rings (SSSR count). The lowest BCUT2D eigenvalue weighted by molar-refractivity contribution is 0.327. The molecule has 0 bridgehead atoms. The normalized spacial score (nSPS) is 25.4. The molecule has 86 valence electrons. The van der Waals surface area contributed by atoms with Crippen LogP contribution in [0.15, 0.2) is 23.8 Å². The average molecular weight is 221 g/mol. The van der Waals surface area contributed by atoms with Gasteiger partial charge in [-0.25, -0.2) is 14.1 Å². The molecule has 2 heterocycles.